The van der Waals surface area contributed by atoms with Crippen LogP contribution in [0.3, 0.4) is 0 Å². The van der Waals surface area contributed by atoms with Gasteiger partial charge in [-0.1, -0.05) is 19.1 Å². The fourth-order valence-electron chi connectivity index (χ4n) is 3.11. The molecule has 2 N–H and O–H groups in total. The summed E-state index contributed by atoms with van der Waals surface area (Å²) in [7, 11) is 0. The van der Waals surface area contributed by atoms with E-state index < -0.39 is 11.9 Å². The molecule has 1 aromatic carbocycles. The number of nitrogens with zero attached hydrogens (tertiary/aromatic N) is 2. The molecule has 1 aromatic heterocycles. The minimum atomic E-state index is -0.816. The third-order valence-corrected chi connectivity index (χ3v) is 4.22. The Morgan fingerprint density at radius 3 is 3.00 bits per heavy atom. The first kappa shape index (κ1) is 14.6. The van der Waals surface area contributed by atoms with Crippen LogP contribution in [0.2, 0.25) is 0 Å². The lowest BCUT2D eigenvalue weighted by Crippen LogP contribution is -2.46. The monoisotopic (exact) mass is 301 g/mol. The van der Waals surface area contributed by atoms with Gasteiger partial charge in [0.1, 0.15) is 0 Å². The molecule has 2 unspecified atom stereocenters. The minimum Gasteiger partial charge on any atom is -0.481 e. The number of piperidine rings is 1. The fraction of sp³-hybridized carbons (Fsp3) is 0.438. The number of aromatic nitrogens is 2. The number of nitrogens with one attached hydrogen (secondary N) is 1. The lowest BCUT2D eigenvalue weighted by atomic mass is 9.90. The van der Waals surface area contributed by atoms with Gasteiger partial charge in [-0.05, 0) is 24.0 Å². The van der Waals surface area contributed by atoms with Crippen LogP contribution in [0.5, 0.6) is 0 Å². The van der Waals surface area contributed by atoms with Crippen molar-refractivity contribution in [1.82, 2.24) is 15.1 Å². The molecule has 1 aliphatic heterocycles. The molecule has 1 fully saturated rings. The van der Waals surface area contributed by atoms with Gasteiger partial charge in [0.2, 0.25) is 5.91 Å². The van der Waals surface area contributed by atoms with E-state index in [0.717, 1.165) is 16.5 Å². The first-order valence-electron chi connectivity index (χ1n) is 7.45. The molecule has 6 nitrogen and oxygen atoms in total. The Morgan fingerprint density at radius 2 is 2.23 bits per heavy atom. The molecule has 2 atom stereocenters. The van der Waals surface area contributed by atoms with Crippen LogP contribution in [0.25, 0.3) is 10.9 Å². The summed E-state index contributed by atoms with van der Waals surface area (Å²) in [6.45, 7) is 2.94. The van der Waals surface area contributed by atoms with Crippen molar-refractivity contribution >= 4 is 22.8 Å². The van der Waals surface area contributed by atoms with Crippen molar-refractivity contribution in [1.29, 1.82) is 0 Å². The van der Waals surface area contributed by atoms with Gasteiger partial charge >= 0.3 is 5.97 Å². The summed E-state index contributed by atoms with van der Waals surface area (Å²) in [5, 5.41) is 17.1. The third kappa shape index (κ3) is 2.95. The number of carboxylic acids is 1. The van der Waals surface area contributed by atoms with Gasteiger partial charge in [0, 0.05) is 18.5 Å². The van der Waals surface area contributed by atoms with Gasteiger partial charge in [-0.2, -0.15) is 5.10 Å². The van der Waals surface area contributed by atoms with E-state index >= 15 is 0 Å². The number of aliphatic carboxylic acids is 1. The van der Waals surface area contributed by atoms with Crippen LogP contribution in [0.15, 0.2) is 24.4 Å². The van der Waals surface area contributed by atoms with Crippen LogP contribution in [0.4, 0.5) is 0 Å². The molecule has 1 saturated heterocycles. The molecule has 116 valence electrons. The Labute approximate surface area is 128 Å². The standard InChI is InChI=1S/C16H19N3O3/c1-10-4-13(16(21)22)9-19(8-10)15(20)6-11-2-3-12-7-17-18-14(12)5-11/h2-3,5,7,10,13H,4,6,8-9H2,1H3,(H,17,18)(H,21,22). The SMILES string of the molecule is CC1CC(C(=O)O)CN(C(=O)Cc2ccc3cn[nH]c3c2)C1. The van der Waals surface area contributed by atoms with Crippen LogP contribution in [0, 0.1) is 11.8 Å². The number of benzene rings is 1. The maximum absolute atomic E-state index is 12.5. The molecule has 0 saturated carbocycles. The van der Waals surface area contributed by atoms with Crippen molar-refractivity contribution in [3.05, 3.63) is 30.0 Å². The summed E-state index contributed by atoms with van der Waals surface area (Å²) in [4.78, 5) is 25.3. The van der Waals surface area contributed by atoms with Crippen LogP contribution in [-0.4, -0.2) is 45.2 Å². The zero-order valence-electron chi connectivity index (χ0n) is 12.5. The summed E-state index contributed by atoms with van der Waals surface area (Å²) in [5.74, 6) is -1.07. The highest BCUT2D eigenvalue weighted by molar-refractivity contribution is 5.83. The van der Waals surface area contributed by atoms with Gasteiger partial charge in [0.15, 0.2) is 0 Å². The number of hydrogen-bond donors (Lipinski definition) is 2. The normalized spacial score (nSPS) is 22.0. The van der Waals surface area contributed by atoms with E-state index in [2.05, 4.69) is 10.2 Å². The molecular formula is C16H19N3O3. The first-order chi connectivity index (χ1) is 10.5. The molecule has 0 spiro atoms. The number of carboxylic acid groups (broad SMARTS) is 1. The predicted octanol–water partition coefficient (Wildman–Crippen LogP) is 1.67. The van der Waals surface area contributed by atoms with E-state index in [1.54, 1.807) is 11.1 Å². The Morgan fingerprint density at radius 1 is 1.41 bits per heavy atom. The molecule has 6 heteroatoms. The molecule has 2 heterocycles. The molecule has 1 amide bonds. The molecule has 1 aliphatic rings. The van der Waals surface area contributed by atoms with Gasteiger partial charge in [-0.3, -0.25) is 14.7 Å². The highest BCUT2D eigenvalue weighted by Gasteiger charge is 2.31. The highest BCUT2D eigenvalue weighted by Crippen LogP contribution is 2.23. The quantitative estimate of drug-likeness (QED) is 0.903. The van der Waals surface area contributed by atoms with Crippen molar-refractivity contribution in [3.8, 4) is 0 Å². The third-order valence-electron chi connectivity index (χ3n) is 4.22. The smallest absolute Gasteiger partial charge is 0.308 e. The Hall–Kier alpha value is -2.37. The number of carbonyl (C=O) groups excluding carboxylic acids is 1. The van der Waals surface area contributed by atoms with Crippen LogP contribution >= 0.6 is 0 Å². The second-order valence-electron chi connectivity index (χ2n) is 6.14. The van der Waals surface area contributed by atoms with E-state index in [1.807, 2.05) is 25.1 Å². The average Bonchev–Trinajstić information content (AvgIpc) is 2.94. The molecule has 22 heavy (non-hydrogen) atoms. The summed E-state index contributed by atoms with van der Waals surface area (Å²) in [5.41, 5.74) is 1.81. The minimum absolute atomic E-state index is 0.0170. The van der Waals surface area contributed by atoms with Gasteiger partial charge < -0.3 is 10.0 Å². The van der Waals surface area contributed by atoms with Crippen LogP contribution in [-0.2, 0) is 16.0 Å². The van der Waals surface area contributed by atoms with E-state index in [9.17, 15) is 14.7 Å². The van der Waals surface area contributed by atoms with Crippen molar-refractivity contribution in [3.63, 3.8) is 0 Å². The Kier molecular flexibility index (Phi) is 3.83. The fourth-order valence-corrected chi connectivity index (χ4v) is 3.11. The zero-order valence-corrected chi connectivity index (χ0v) is 12.5. The summed E-state index contributed by atoms with van der Waals surface area (Å²) < 4.78 is 0. The molecule has 3 rings (SSSR count). The van der Waals surface area contributed by atoms with Gasteiger partial charge in [0.25, 0.3) is 0 Å². The Bertz CT molecular complexity index is 709. The molecule has 0 aliphatic carbocycles. The first-order valence-corrected chi connectivity index (χ1v) is 7.45. The van der Waals surface area contributed by atoms with E-state index in [0.29, 0.717) is 19.5 Å². The molecule has 0 bridgehead atoms. The second-order valence-corrected chi connectivity index (χ2v) is 6.14. The van der Waals surface area contributed by atoms with Crippen LogP contribution in [0.1, 0.15) is 18.9 Å². The predicted molar refractivity (Wildman–Crippen MR) is 81.3 cm³/mol. The maximum Gasteiger partial charge on any atom is 0.308 e. The largest absolute Gasteiger partial charge is 0.481 e. The van der Waals surface area contributed by atoms with Crippen molar-refractivity contribution in [2.75, 3.05) is 13.1 Å². The number of hydrogen-bond acceptors (Lipinski definition) is 3. The number of fused-ring (bicyclic) bond motifs is 1. The summed E-state index contributed by atoms with van der Waals surface area (Å²) in [6.07, 6.45) is 2.66. The van der Waals surface area contributed by atoms with Crippen molar-refractivity contribution in [2.24, 2.45) is 11.8 Å². The number of H-pyrrole nitrogens is 1. The Balaban J connectivity index is 1.71. The number of rotatable bonds is 3. The van der Waals surface area contributed by atoms with Gasteiger partial charge in [-0.25, -0.2) is 0 Å². The number of aromatic amines is 1. The lowest BCUT2D eigenvalue weighted by molar-refractivity contribution is -0.146. The highest BCUT2D eigenvalue weighted by atomic mass is 16.4. The number of carbonyl (C=O) groups is 2. The lowest BCUT2D eigenvalue weighted by Gasteiger charge is -2.34. The molecule has 2 aromatic rings. The molecule has 0 radical (unpaired) electrons. The van der Waals surface area contributed by atoms with Crippen LogP contribution < -0.4 is 0 Å². The van der Waals surface area contributed by atoms with E-state index in [4.69, 9.17) is 0 Å². The maximum atomic E-state index is 12.5. The van der Waals surface area contributed by atoms with Crippen molar-refractivity contribution in [2.45, 2.75) is 19.8 Å². The number of likely N-dealkylation sites (tertiary alicyclic amines) is 1. The topological polar surface area (TPSA) is 86.3 Å². The molecular weight excluding hydrogens is 282 g/mol. The zero-order chi connectivity index (χ0) is 15.7. The average molecular weight is 301 g/mol. The van der Waals surface area contributed by atoms with Crippen molar-refractivity contribution < 1.29 is 14.7 Å². The second kappa shape index (κ2) is 5.79. The summed E-state index contributed by atoms with van der Waals surface area (Å²) >= 11 is 0. The van der Waals surface area contributed by atoms with Gasteiger partial charge in [-0.15, -0.1) is 0 Å². The summed E-state index contributed by atoms with van der Waals surface area (Å²) in [6, 6.07) is 5.76. The van der Waals surface area contributed by atoms with E-state index in [-0.39, 0.29) is 18.2 Å². The van der Waals surface area contributed by atoms with Gasteiger partial charge in [0.05, 0.1) is 24.1 Å². The van der Waals surface area contributed by atoms with E-state index in [1.165, 1.54) is 0 Å². The number of amides is 1.